The number of para-hydroxylation sites is 1. The Morgan fingerprint density at radius 2 is 1.67 bits per heavy atom. The van der Waals surface area contributed by atoms with Gasteiger partial charge in [-0.2, -0.15) is 0 Å². The zero-order valence-corrected chi connectivity index (χ0v) is 10.6. The summed E-state index contributed by atoms with van der Waals surface area (Å²) in [6.07, 6.45) is 6.58. The lowest BCUT2D eigenvalue weighted by Crippen LogP contribution is -2.28. The van der Waals surface area contributed by atoms with Crippen molar-refractivity contribution in [3.63, 3.8) is 0 Å². The zero-order chi connectivity index (χ0) is 12.8. The van der Waals surface area contributed by atoms with Crippen molar-refractivity contribution in [1.82, 2.24) is 0 Å². The van der Waals surface area contributed by atoms with Crippen molar-refractivity contribution in [2.75, 3.05) is 5.32 Å². The lowest BCUT2D eigenvalue weighted by Gasteiger charge is -2.14. The van der Waals surface area contributed by atoms with E-state index in [-0.39, 0.29) is 17.5 Å². The third kappa shape index (κ3) is 3.42. The first-order chi connectivity index (χ1) is 8.77. The molecule has 96 valence electrons. The van der Waals surface area contributed by atoms with Gasteiger partial charge < -0.3 is 5.32 Å². The highest BCUT2D eigenvalue weighted by Crippen LogP contribution is 2.24. The third-order valence-electron chi connectivity index (χ3n) is 3.52. The predicted octanol–water partition coefficient (Wildman–Crippen LogP) is 3.62. The zero-order valence-electron chi connectivity index (χ0n) is 10.6. The summed E-state index contributed by atoms with van der Waals surface area (Å²) in [5.74, 6) is 0.0602. The van der Waals surface area contributed by atoms with Crippen molar-refractivity contribution in [2.45, 2.75) is 38.5 Å². The predicted molar refractivity (Wildman–Crippen MR) is 74.0 cm³/mol. The lowest BCUT2D eigenvalue weighted by atomic mass is 9.94. The standard InChI is InChI=1S/C15H20N2O/c16-15(17-13-10-6-3-7-11-13)14(18)12-8-4-1-2-5-9-12/h3,6-7,10-12H,1-2,4-5,8-9H2,(H2,16,17). The molecule has 0 atom stereocenters. The van der Waals surface area contributed by atoms with Gasteiger partial charge in [0.2, 0.25) is 5.78 Å². The maximum atomic E-state index is 12.2. The van der Waals surface area contributed by atoms with Gasteiger partial charge in [0.25, 0.3) is 0 Å². The van der Waals surface area contributed by atoms with E-state index in [4.69, 9.17) is 5.41 Å². The van der Waals surface area contributed by atoms with Crippen LogP contribution in [-0.4, -0.2) is 11.6 Å². The Labute approximate surface area is 108 Å². The van der Waals surface area contributed by atoms with Gasteiger partial charge in [-0.15, -0.1) is 0 Å². The number of rotatable bonds is 3. The largest absolute Gasteiger partial charge is 0.338 e. The Morgan fingerprint density at radius 1 is 1.06 bits per heavy atom. The van der Waals surface area contributed by atoms with Crippen molar-refractivity contribution >= 4 is 17.3 Å². The Bertz CT molecular complexity index is 406. The van der Waals surface area contributed by atoms with Gasteiger partial charge in [0.1, 0.15) is 0 Å². The first kappa shape index (κ1) is 12.8. The molecule has 0 radical (unpaired) electrons. The number of hydrogen-bond donors (Lipinski definition) is 2. The number of Topliss-reactive ketones (excluding diaryl/α,β-unsaturated/α-hetero) is 1. The van der Waals surface area contributed by atoms with E-state index in [0.29, 0.717) is 0 Å². The number of benzene rings is 1. The van der Waals surface area contributed by atoms with Crippen LogP contribution in [-0.2, 0) is 4.79 Å². The smallest absolute Gasteiger partial charge is 0.200 e. The molecule has 18 heavy (non-hydrogen) atoms. The van der Waals surface area contributed by atoms with Gasteiger partial charge in [-0.1, -0.05) is 43.9 Å². The monoisotopic (exact) mass is 244 g/mol. The summed E-state index contributed by atoms with van der Waals surface area (Å²) in [4.78, 5) is 12.2. The highest BCUT2D eigenvalue weighted by Gasteiger charge is 2.23. The molecule has 2 N–H and O–H groups in total. The molecule has 0 aromatic heterocycles. The summed E-state index contributed by atoms with van der Waals surface area (Å²) in [7, 11) is 0. The summed E-state index contributed by atoms with van der Waals surface area (Å²) in [5, 5.41) is 10.8. The van der Waals surface area contributed by atoms with E-state index < -0.39 is 0 Å². The van der Waals surface area contributed by atoms with E-state index in [1.54, 1.807) is 0 Å². The molecular weight excluding hydrogens is 224 g/mol. The van der Waals surface area contributed by atoms with Crippen molar-refractivity contribution in [3.05, 3.63) is 30.3 Å². The van der Waals surface area contributed by atoms with Crippen molar-refractivity contribution in [3.8, 4) is 0 Å². The molecule has 2 rings (SSSR count). The van der Waals surface area contributed by atoms with E-state index in [2.05, 4.69) is 5.32 Å². The number of ketones is 1. The minimum atomic E-state index is -0.0271. The first-order valence-electron chi connectivity index (χ1n) is 6.72. The molecule has 0 unspecified atom stereocenters. The normalized spacial score (nSPS) is 16.9. The molecular formula is C15H20N2O. The van der Waals surface area contributed by atoms with E-state index in [1.807, 2.05) is 30.3 Å². The van der Waals surface area contributed by atoms with Gasteiger partial charge in [0.15, 0.2) is 5.84 Å². The van der Waals surface area contributed by atoms with E-state index >= 15 is 0 Å². The summed E-state index contributed by atoms with van der Waals surface area (Å²) >= 11 is 0. The SMILES string of the molecule is N=C(Nc1ccccc1)C(=O)C1CCCCCC1. The Morgan fingerprint density at radius 3 is 2.28 bits per heavy atom. The fraction of sp³-hybridized carbons (Fsp3) is 0.467. The van der Waals surface area contributed by atoms with E-state index in [0.717, 1.165) is 31.4 Å². The van der Waals surface area contributed by atoms with Gasteiger partial charge in [-0.3, -0.25) is 10.2 Å². The van der Waals surface area contributed by atoms with Crippen LogP contribution in [0.4, 0.5) is 5.69 Å². The molecule has 3 nitrogen and oxygen atoms in total. The maximum absolute atomic E-state index is 12.2. The maximum Gasteiger partial charge on any atom is 0.200 e. The molecule has 1 saturated carbocycles. The number of carbonyl (C=O) groups is 1. The fourth-order valence-corrected chi connectivity index (χ4v) is 2.47. The Balaban J connectivity index is 1.93. The van der Waals surface area contributed by atoms with Gasteiger partial charge >= 0.3 is 0 Å². The molecule has 1 aliphatic carbocycles. The molecule has 0 bridgehead atoms. The summed E-state index contributed by atoms with van der Waals surface area (Å²) in [5.41, 5.74) is 0.810. The number of carbonyl (C=O) groups excluding carboxylic acids is 1. The first-order valence-corrected chi connectivity index (χ1v) is 6.72. The van der Waals surface area contributed by atoms with E-state index in [9.17, 15) is 4.79 Å². The van der Waals surface area contributed by atoms with Crippen LogP contribution in [0.25, 0.3) is 0 Å². The van der Waals surface area contributed by atoms with Gasteiger partial charge in [-0.25, -0.2) is 0 Å². The fourth-order valence-electron chi connectivity index (χ4n) is 2.47. The summed E-state index contributed by atoms with van der Waals surface area (Å²) in [6.45, 7) is 0. The number of amidine groups is 1. The molecule has 0 heterocycles. The Kier molecular flexibility index (Phi) is 4.51. The quantitative estimate of drug-likeness (QED) is 0.485. The lowest BCUT2D eigenvalue weighted by molar-refractivity contribution is -0.116. The highest BCUT2D eigenvalue weighted by molar-refractivity contribution is 6.42. The molecule has 1 fully saturated rings. The Hall–Kier alpha value is -1.64. The second-order valence-electron chi connectivity index (χ2n) is 4.92. The summed E-state index contributed by atoms with van der Waals surface area (Å²) < 4.78 is 0. The number of hydrogen-bond acceptors (Lipinski definition) is 2. The van der Waals surface area contributed by atoms with Crippen LogP contribution >= 0.6 is 0 Å². The van der Waals surface area contributed by atoms with Gasteiger partial charge in [0, 0.05) is 11.6 Å². The molecule has 0 saturated heterocycles. The molecule has 1 aromatic carbocycles. The van der Waals surface area contributed by atoms with Gasteiger partial charge in [0.05, 0.1) is 0 Å². The van der Waals surface area contributed by atoms with Crippen molar-refractivity contribution in [2.24, 2.45) is 5.92 Å². The van der Waals surface area contributed by atoms with E-state index in [1.165, 1.54) is 12.8 Å². The average molecular weight is 244 g/mol. The number of nitrogens with one attached hydrogen (secondary N) is 2. The second-order valence-corrected chi connectivity index (χ2v) is 4.92. The minimum absolute atomic E-state index is 0.0271. The minimum Gasteiger partial charge on any atom is -0.338 e. The topological polar surface area (TPSA) is 53.0 Å². The van der Waals surface area contributed by atoms with Crippen LogP contribution in [0.2, 0.25) is 0 Å². The van der Waals surface area contributed by atoms with Crippen LogP contribution in [0.15, 0.2) is 30.3 Å². The molecule has 1 aromatic rings. The van der Waals surface area contributed by atoms with Crippen LogP contribution in [0.5, 0.6) is 0 Å². The molecule has 3 heteroatoms. The van der Waals surface area contributed by atoms with Crippen LogP contribution in [0, 0.1) is 11.3 Å². The van der Waals surface area contributed by atoms with Crippen LogP contribution in [0.1, 0.15) is 38.5 Å². The van der Waals surface area contributed by atoms with Crippen molar-refractivity contribution < 1.29 is 4.79 Å². The molecule has 0 spiro atoms. The summed E-state index contributed by atoms with van der Waals surface area (Å²) in [6, 6.07) is 9.45. The van der Waals surface area contributed by atoms with Crippen LogP contribution in [0.3, 0.4) is 0 Å². The molecule has 1 aliphatic rings. The number of anilines is 1. The second kappa shape index (κ2) is 6.34. The van der Waals surface area contributed by atoms with Crippen molar-refractivity contribution in [1.29, 1.82) is 5.41 Å². The third-order valence-corrected chi connectivity index (χ3v) is 3.52. The molecule has 0 amide bonds. The highest BCUT2D eigenvalue weighted by atomic mass is 16.1. The van der Waals surface area contributed by atoms with Crippen LogP contribution < -0.4 is 5.32 Å². The molecule has 0 aliphatic heterocycles. The average Bonchev–Trinajstić information content (AvgIpc) is 2.68. The van der Waals surface area contributed by atoms with Gasteiger partial charge in [-0.05, 0) is 25.0 Å².